The number of piperidine rings is 1. The molecule has 3 aromatic rings. The highest BCUT2D eigenvalue weighted by Crippen LogP contribution is 2.39. The van der Waals surface area contributed by atoms with Crippen LogP contribution in [0.1, 0.15) is 30.9 Å². The fraction of sp³-hybridized carbons (Fsp3) is 0.385. The number of hydrogen-bond acceptors (Lipinski definition) is 7. The Bertz CT molecular complexity index is 1330. The molecule has 34 heavy (non-hydrogen) atoms. The van der Waals surface area contributed by atoms with Gasteiger partial charge in [0.15, 0.2) is 0 Å². The minimum absolute atomic E-state index is 0.158. The van der Waals surface area contributed by atoms with Crippen molar-refractivity contribution in [3.8, 4) is 5.75 Å². The van der Waals surface area contributed by atoms with E-state index in [2.05, 4.69) is 4.98 Å². The molecule has 0 spiro atoms. The van der Waals surface area contributed by atoms with E-state index in [0.717, 1.165) is 11.1 Å². The molecule has 1 aliphatic rings. The summed E-state index contributed by atoms with van der Waals surface area (Å²) in [6.07, 6.45) is 2.64. The average Bonchev–Trinajstić information content (AvgIpc) is 2.84. The first-order valence-corrected chi connectivity index (χ1v) is 12.9. The van der Waals surface area contributed by atoms with Gasteiger partial charge in [-0.1, -0.05) is 6.07 Å². The highest BCUT2D eigenvalue weighted by atomic mass is 32.2. The molecule has 0 unspecified atom stereocenters. The van der Waals surface area contributed by atoms with E-state index in [-0.39, 0.29) is 21.7 Å². The van der Waals surface area contributed by atoms with Crippen LogP contribution in [0.4, 0.5) is 5.69 Å². The van der Waals surface area contributed by atoms with Gasteiger partial charge >= 0.3 is 5.97 Å². The van der Waals surface area contributed by atoms with Gasteiger partial charge in [0.1, 0.15) is 10.6 Å². The Labute approximate surface area is 200 Å². The lowest BCUT2D eigenvalue weighted by atomic mass is 9.96. The van der Waals surface area contributed by atoms with Gasteiger partial charge in [0.25, 0.3) is 0 Å². The van der Waals surface area contributed by atoms with E-state index in [1.54, 1.807) is 26.2 Å². The molecule has 1 aromatic heterocycles. The van der Waals surface area contributed by atoms with Crippen molar-refractivity contribution in [3.05, 3.63) is 53.7 Å². The van der Waals surface area contributed by atoms with Crippen molar-refractivity contribution in [2.24, 2.45) is 5.92 Å². The number of carbonyl (C=O) groups excluding carboxylic acids is 1. The minimum atomic E-state index is -3.84. The Morgan fingerprint density at radius 1 is 1.09 bits per heavy atom. The van der Waals surface area contributed by atoms with Gasteiger partial charge in [0.05, 0.1) is 35.7 Å². The molecular formula is C26H30N2O5S. The fourth-order valence-electron chi connectivity index (χ4n) is 4.40. The number of esters is 1. The van der Waals surface area contributed by atoms with Crippen molar-refractivity contribution in [3.63, 3.8) is 0 Å². The number of fused-ring (bicyclic) bond motifs is 1. The minimum Gasteiger partial charge on any atom is -0.497 e. The smallest absolute Gasteiger partial charge is 0.309 e. The Morgan fingerprint density at radius 2 is 1.82 bits per heavy atom. The second kappa shape index (κ2) is 9.62. The predicted octanol–water partition coefficient (Wildman–Crippen LogP) is 4.47. The van der Waals surface area contributed by atoms with E-state index < -0.39 is 9.84 Å². The van der Waals surface area contributed by atoms with Crippen LogP contribution in [0.5, 0.6) is 5.75 Å². The number of hydrogen-bond donors (Lipinski definition) is 0. The molecule has 0 radical (unpaired) electrons. The second-order valence-corrected chi connectivity index (χ2v) is 10.5. The lowest BCUT2D eigenvalue weighted by Crippen LogP contribution is -2.37. The number of sulfone groups is 1. The summed E-state index contributed by atoms with van der Waals surface area (Å²) >= 11 is 0. The summed E-state index contributed by atoms with van der Waals surface area (Å²) in [5, 5.41) is 0.707. The Morgan fingerprint density at radius 3 is 2.47 bits per heavy atom. The number of carbonyl (C=O) groups is 1. The molecule has 0 bridgehead atoms. The van der Waals surface area contributed by atoms with Crippen LogP contribution in [0, 0.1) is 19.8 Å². The van der Waals surface area contributed by atoms with Gasteiger partial charge in [-0.2, -0.15) is 0 Å². The zero-order valence-electron chi connectivity index (χ0n) is 20.0. The molecular weight excluding hydrogens is 452 g/mol. The molecule has 1 aliphatic heterocycles. The van der Waals surface area contributed by atoms with Crippen LogP contribution < -0.4 is 9.64 Å². The highest BCUT2D eigenvalue weighted by molar-refractivity contribution is 7.91. The van der Waals surface area contributed by atoms with Crippen molar-refractivity contribution in [2.45, 2.75) is 43.4 Å². The van der Waals surface area contributed by atoms with E-state index in [0.29, 0.717) is 54.9 Å². The molecule has 4 rings (SSSR count). The third-order valence-electron chi connectivity index (χ3n) is 6.52. The standard InChI is InChI=1S/C26H30N2O5S/c1-5-33-26(29)19-10-12-28(13-11-19)25-22-15-20(32-4)7-9-23(22)27-16-24(25)34(30,31)21-8-6-17(2)18(3)14-21/h6-9,14-16,19H,5,10-13H2,1-4H3. The van der Waals surface area contributed by atoms with Gasteiger partial charge in [-0.25, -0.2) is 8.42 Å². The van der Waals surface area contributed by atoms with Crippen LogP contribution in [0.25, 0.3) is 10.9 Å². The molecule has 2 aromatic carbocycles. The highest BCUT2D eigenvalue weighted by Gasteiger charge is 2.32. The van der Waals surface area contributed by atoms with E-state index >= 15 is 0 Å². The molecule has 2 heterocycles. The summed E-state index contributed by atoms with van der Waals surface area (Å²) in [5.41, 5.74) is 3.22. The van der Waals surface area contributed by atoms with Crippen LogP contribution in [0.3, 0.4) is 0 Å². The molecule has 1 saturated heterocycles. The first kappa shape index (κ1) is 24.0. The monoisotopic (exact) mass is 482 g/mol. The molecule has 0 saturated carbocycles. The molecule has 1 fully saturated rings. The van der Waals surface area contributed by atoms with Crippen molar-refractivity contribution in [1.82, 2.24) is 4.98 Å². The van der Waals surface area contributed by atoms with Crippen molar-refractivity contribution in [2.75, 3.05) is 31.7 Å². The Kier molecular flexibility index (Phi) is 6.79. The van der Waals surface area contributed by atoms with Gasteiger partial charge in [-0.3, -0.25) is 9.78 Å². The number of pyridine rings is 1. The molecule has 0 aliphatic carbocycles. The van der Waals surface area contributed by atoms with Gasteiger partial charge in [0, 0.05) is 24.7 Å². The van der Waals surface area contributed by atoms with E-state index in [9.17, 15) is 13.2 Å². The normalized spacial score (nSPS) is 14.9. The third-order valence-corrected chi connectivity index (χ3v) is 8.27. The number of benzene rings is 2. The maximum absolute atomic E-state index is 13.8. The number of aromatic nitrogens is 1. The number of ether oxygens (including phenoxy) is 2. The second-order valence-electron chi connectivity index (χ2n) is 8.62. The lowest BCUT2D eigenvalue weighted by molar-refractivity contribution is -0.148. The summed E-state index contributed by atoms with van der Waals surface area (Å²) < 4.78 is 38.3. The number of rotatable bonds is 6. The van der Waals surface area contributed by atoms with Crippen LogP contribution in [0.2, 0.25) is 0 Å². The van der Waals surface area contributed by atoms with Gasteiger partial charge in [0.2, 0.25) is 9.84 Å². The molecule has 180 valence electrons. The maximum Gasteiger partial charge on any atom is 0.309 e. The average molecular weight is 483 g/mol. The number of aryl methyl sites for hydroxylation is 2. The topological polar surface area (TPSA) is 85.8 Å². The Hall–Kier alpha value is -3.13. The van der Waals surface area contributed by atoms with Crippen LogP contribution in [0.15, 0.2) is 52.4 Å². The van der Waals surface area contributed by atoms with Gasteiger partial charge in [-0.15, -0.1) is 0 Å². The SMILES string of the molecule is CCOC(=O)C1CCN(c2c(S(=O)(=O)c3ccc(C)c(C)c3)cnc3ccc(OC)cc23)CC1. The zero-order valence-corrected chi connectivity index (χ0v) is 20.8. The number of nitrogens with zero attached hydrogens (tertiary/aromatic N) is 2. The lowest BCUT2D eigenvalue weighted by Gasteiger charge is -2.34. The summed E-state index contributed by atoms with van der Waals surface area (Å²) in [6, 6.07) is 10.6. The summed E-state index contributed by atoms with van der Waals surface area (Å²) in [6.45, 7) is 7.08. The molecule has 0 amide bonds. The first-order chi connectivity index (χ1) is 16.3. The number of methoxy groups -OCH3 is 1. The van der Waals surface area contributed by atoms with Crippen LogP contribution in [-0.2, 0) is 19.4 Å². The van der Waals surface area contributed by atoms with Crippen LogP contribution >= 0.6 is 0 Å². The fourth-order valence-corrected chi connectivity index (χ4v) is 5.91. The van der Waals surface area contributed by atoms with E-state index in [1.807, 2.05) is 43.0 Å². The molecule has 0 atom stereocenters. The molecule has 8 heteroatoms. The first-order valence-electron chi connectivity index (χ1n) is 11.5. The van der Waals surface area contributed by atoms with Crippen molar-refractivity contribution >= 4 is 32.4 Å². The molecule has 7 nitrogen and oxygen atoms in total. The largest absolute Gasteiger partial charge is 0.497 e. The van der Waals surface area contributed by atoms with Gasteiger partial charge < -0.3 is 14.4 Å². The van der Waals surface area contributed by atoms with E-state index in [4.69, 9.17) is 9.47 Å². The predicted molar refractivity (Wildman–Crippen MR) is 131 cm³/mol. The Balaban J connectivity index is 1.84. The quantitative estimate of drug-likeness (QED) is 0.479. The molecule has 0 N–H and O–H groups in total. The zero-order chi connectivity index (χ0) is 24.5. The number of anilines is 1. The maximum atomic E-state index is 13.8. The van der Waals surface area contributed by atoms with Crippen molar-refractivity contribution in [1.29, 1.82) is 0 Å². The van der Waals surface area contributed by atoms with E-state index in [1.165, 1.54) is 6.20 Å². The summed E-state index contributed by atoms with van der Waals surface area (Å²) in [5.74, 6) is 0.253. The van der Waals surface area contributed by atoms with Crippen molar-refractivity contribution < 1.29 is 22.7 Å². The summed E-state index contributed by atoms with van der Waals surface area (Å²) in [7, 11) is -2.27. The van der Waals surface area contributed by atoms with Gasteiger partial charge in [-0.05, 0) is 75.1 Å². The summed E-state index contributed by atoms with van der Waals surface area (Å²) in [4.78, 5) is 19.2. The third kappa shape index (κ3) is 4.46. The van der Waals surface area contributed by atoms with Crippen LogP contribution in [-0.4, -0.2) is 46.2 Å².